The zero-order valence-corrected chi connectivity index (χ0v) is 19.1. The SMILES string of the molecule is CCOC(=O)CC1c2cccc(OC)c2-c2ccccc2N1S(=O)(=O)c1ccc(C)cc1. The Bertz CT molecular complexity index is 1250. The summed E-state index contributed by atoms with van der Waals surface area (Å²) in [4.78, 5) is 12.7. The van der Waals surface area contributed by atoms with Crippen LogP contribution < -0.4 is 9.04 Å². The van der Waals surface area contributed by atoms with E-state index in [0.29, 0.717) is 17.0 Å². The smallest absolute Gasteiger partial charge is 0.308 e. The number of benzene rings is 3. The zero-order valence-electron chi connectivity index (χ0n) is 18.2. The molecule has 3 aromatic rings. The first-order valence-corrected chi connectivity index (χ1v) is 11.9. The van der Waals surface area contributed by atoms with Crippen molar-refractivity contribution in [2.75, 3.05) is 18.0 Å². The Hall–Kier alpha value is -3.32. The van der Waals surface area contributed by atoms with E-state index in [1.54, 1.807) is 56.5 Å². The van der Waals surface area contributed by atoms with Crippen molar-refractivity contribution in [2.24, 2.45) is 0 Å². The van der Waals surface area contributed by atoms with Gasteiger partial charge in [0.15, 0.2) is 0 Å². The Morgan fingerprint density at radius 2 is 1.72 bits per heavy atom. The second-order valence-corrected chi connectivity index (χ2v) is 9.40. The van der Waals surface area contributed by atoms with Crippen LogP contribution in [-0.2, 0) is 19.6 Å². The average Bonchev–Trinajstić information content (AvgIpc) is 2.79. The van der Waals surface area contributed by atoms with Crippen LogP contribution in [0, 0.1) is 6.92 Å². The van der Waals surface area contributed by atoms with E-state index >= 15 is 0 Å². The third kappa shape index (κ3) is 3.73. The molecular weight excluding hydrogens is 426 g/mol. The third-order valence-corrected chi connectivity index (χ3v) is 7.41. The summed E-state index contributed by atoms with van der Waals surface area (Å²) in [6, 6.07) is 18.7. The molecule has 0 saturated carbocycles. The second kappa shape index (κ2) is 8.67. The summed E-state index contributed by atoms with van der Waals surface area (Å²) in [6.07, 6.45) is -0.118. The number of anilines is 1. The molecule has 0 saturated heterocycles. The fourth-order valence-corrected chi connectivity index (χ4v) is 5.80. The van der Waals surface area contributed by atoms with Crippen molar-refractivity contribution in [3.05, 3.63) is 77.9 Å². The van der Waals surface area contributed by atoms with Gasteiger partial charge in [0.2, 0.25) is 0 Å². The van der Waals surface area contributed by atoms with Gasteiger partial charge in [0.1, 0.15) is 5.75 Å². The number of methoxy groups -OCH3 is 1. The largest absolute Gasteiger partial charge is 0.496 e. The maximum Gasteiger partial charge on any atom is 0.308 e. The van der Waals surface area contributed by atoms with Gasteiger partial charge in [-0.3, -0.25) is 9.10 Å². The Morgan fingerprint density at radius 3 is 2.41 bits per heavy atom. The number of nitrogens with zero attached hydrogens (tertiary/aromatic N) is 1. The first-order chi connectivity index (χ1) is 15.4. The van der Waals surface area contributed by atoms with Gasteiger partial charge in [0.25, 0.3) is 10.0 Å². The molecule has 1 aliphatic rings. The first kappa shape index (κ1) is 21.9. The number of carbonyl (C=O) groups is 1. The van der Waals surface area contributed by atoms with Crippen LogP contribution in [0.25, 0.3) is 11.1 Å². The van der Waals surface area contributed by atoms with Gasteiger partial charge in [-0.05, 0) is 43.7 Å². The van der Waals surface area contributed by atoms with Crippen molar-refractivity contribution in [3.8, 4) is 16.9 Å². The van der Waals surface area contributed by atoms with E-state index in [-0.39, 0.29) is 17.9 Å². The van der Waals surface area contributed by atoms with E-state index in [1.807, 2.05) is 31.2 Å². The number of para-hydroxylation sites is 1. The van der Waals surface area contributed by atoms with Gasteiger partial charge in [-0.2, -0.15) is 0 Å². The van der Waals surface area contributed by atoms with Crippen LogP contribution in [0.15, 0.2) is 71.6 Å². The number of rotatable bonds is 6. The predicted molar refractivity (Wildman–Crippen MR) is 123 cm³/mol. The average molecular weight is 452 g/mol. The molecule has 166 valence electrons. The van der Waals surface area contributed by atoms with Crippen LogP contribution in [0.5, 0.6) is 5.75 Å². The second-order valence-electron chi connectivity index (χ2n) is 7.58. The molecule has 4 rings (SSSR count). The lowest BCUT2D eigenvalue weighted by molar-refractivity contribution is -0.143. The number of hydrogen-bond acceptors (Lipinski definition) is 5. The van der Waals surface area contributed by atoms with Gasteiger partial charge >= 0.3 is 5.97 Å². The number of sulfonamides is 1. The number of carbonyl (C=O) groups excluding carboxylic acids is 1. The first-order valence-electron chi connectivity index (χ1n) is 10.4. The predicted octanol–water partition coefficient (Wildman–Crippen LogP) is 4.87. The molecular formula is C25H25NO5S. The molecule has 32 heavy (non-hydrogen) atoms. The van der Waals surface area contributed by atoms with Crippen LogP contribution >= 0.6 is 0 Å². The monoisotopic (exact) mass is 451 g/mol. The van der Waals surface area contributed by atoms with E-state index in [0.717, 1.165) is 16.7 Å². The van der Waals surface area contributed by atoms with E-state index in [9.17, 15) is 13.2 Å². The highest BCUT2D eigenvalue weighted by atomic mass is 32.2. The van der Waals surface area contributed by atoms with Gasteiger partial charge in [0, 0.05) is 11.1 Å². The maximum atomic E-state index is 13.9. The molecule has 7 heteroatoms. The van der Waals surface area contributed by atoms with Crippen molar-refractivity contribution in [1.29, 1.82) is 0 Å². The van der Waals surface area contributed by atoms with Gasteiger partial charge in [0.05, 0.1) is 36.8 Å². The normalized spacial score (nSPS) is 15.0. The molecule has 0 aromatic heterocycles. The van der Waals surface area contributed by atoms with Gasteiger partial charge < -0.3 is 9.47 Å². The fourth-order valence-electron chi connectivity index (χ4n) is 4.15. The summed E-state index contributed by atoms with van der Waals surface area (Å²) < 4.78 is 40.0. The van der Waals surface area contributed by atoms with Crippen molar-refractivity contribution in [3.63, 3.8) is 0 Å². The highest BCUT2D eigenvalue weighted by Gasteiger charge is 2.41. The molecule has 1 unspecified atom stereocenters. The molecule has 0 aliphatic carbocycles. The van der Waals surface area contributed by atoms with E-state index < -0.39 is 22.0 Å². The Morgan fingerprint density at radius 1 is 1.00 bits per heavy atom. The molecule has 1 aliphatic heterocycles. The summed E-state index contributed by atoms with van der Waals surface area (Å²) in [6.45, 7) is 3.85. The third-order valence-electron chi connectivity index (χ3n) is 5.57. The number of aryl methyl sites for hydroxylation is 1. The highest BCUT2D eigenvalue weighted by molar-refractivity contribution is 7.92. The molecule has 1 atom stereocenters. The zero-order chi connectivity index (χ0) is 22.9. The quantitative estimate of drug-likeness (QED) is 0.500. The van der Waals surface area contributed by atoms with E-state index in [4.69, 9.17) is 9.47 Å². The van der Waals surface area contributed by atoms with Gasteiger partial charge in [-0.25, -0.2) is 8.42 Å². The standard InChI is InChI=1S/C25H25NO5S/c1-4-31-24(27)16-22-20-9-7-11-23(30-3)25(20)19-8-5-6-10-21(19)26(22)32(28,29)18-14-12-17(2)13-15-18/h5-15,22H,4,16H2,1-3H3. The molecule has 0 fully saturated rings. The van der Waals surface area contributed by atoms with Gasteiger partial charge in [-0.1, -0.05) is 48.0 Å². The summed E-state index contributed by atoms with van der Waals surface area (Å²) in [5.74, 6) is 0.158. The fraction of sp³-hybridized carbons (Fsp3) is 0.240. The number of fused-ring (bicyclic) bond motifs is 3. The Labute approximate surface area is 188 Å². The van der Waals surface area contributed by atoms with E-state index in [2.05, 4.69) is 0 Å². The molecule has 6 nitrogen and oxygen atoms in total. The lowest BCUT2D eigenvalue weighted by Gasteiger charge is -2.39. The van der Waals surface area contributed by atoms with E-state index in [1.165, 1.54) is 4.31 Å². The minimum atomic E-state index is -3.98. The summed E-state index contributed by atoms with van der Waals surface area (Å²) in [5, 5.41) is 0. The van der Waals surface area contributed by atoms with Gasteiger partial charge in [-0.15, -0.1) is 0 Å². The van der Waals surface area contributed by atoms with Crippen LogP contribution in [-0.4, -0.2) is 28.1 Å². The van der Waals surface area contributed by atoms with Crippen LogP contribution in [0.2, 0.25) is 0 Å². The number of hydrogen-bond donors (Lipinski definition) is 0. The molecule has 3 aromatic carbocycles. The topological polar surface area (TPSA) is 72.9 Å². The maximum absolute atomic E-state index is 13.9. The number of esters is 1. The summed E-state index contributed by atoms with van der Waals surface area (Å²) >= 11 is 0. The van der Waals surface area contributed by atoms with Crippen molar-refractivity contribution in [1.82, 2.24) is 0 Å². The Kier molecular flexibility index (Phi) is 5.93. The Balaban J connectivity index is 1.98. The molecule has 0 radical (unpaired) electrons. The lowest BCUT2D eigenvalue weighted by atomic mass is 9.87. The highest BCUT2D eigenvalue weighted by Crippen LogP contribution is 2.51. The molecule has 1 heterocycles. The molecule has 0 bridgehead atoms. The van der Waals surface area contributed by atoms with Crippen molar-refractivity contribution in [2.45, 2.75) is 31.2 Å². The minimum absolute atomic E-state index is 0.118. The van der Waals surface area contributed by atoms with Crippen LogP contribution in [0.4, 0.5) is 5.69 Å². The molecule has 0 amide bonds. The molecule has 0 spiro atoms. The summed E-state index contributed by atoms with van der Waals surface area (Å²) in [5.41, 5.74) is 3.68. The lowest BCUT2D eigenvalue weighted by Crippen LogP contribution is -2.39. The van der Waals surface area contributed by atoms with Crippen LogP contribution in [0.3, 0.4) is 0 Å². The number of ether oxygens (including phenoxy) is 2. The van der Waals surface area contributed by atoms with Crippen molar-refractivity contribution >= 4 is 21.7 Å². The van der Waals surface area contributed by atoms with Crippen molar-refractivity contribution < 1.29 is 22.7 Å². The minimum Gasteiger partial charge on any atom is -0.496 e. The summed E-state index contributed by atoms with van der Waals surface area (Å²) in [7, 11) is -2.40. The van der Waals surface area contributed by atoms with Crippen LogP contribution in [0.1, 0.15) is 30.5 Å². The molecule has 0 N–H and O–H groups in total.